The molecule has 1 aromatic heterocycles. The van der Waals surface area contributed by atoms with Crippen LogP contribution in [0.5, 0.6) is 0 Å². The number of nitrogens with zero attached hydrogens (tertiary/aromatic N) is 3. The number of anilines is 1. The van der Waals surface area contributed by atoms with Crippen molar-refractivity contribution in [2.45, 2.75) is 37.8 Å². The van der Waals surface area contributed by atoms with E-state index in [0.717, 1.165) is 25.7 Å². The van der Waals surface area contributed by atoms with E-state index in [4.69, 9.17) is 5.73 Å². The number of Topliss-reactive ketones (excluding diaryl/α,β-unsaturated/α-hetero) is 1. The van der Waals surface area contributed by atoms with Gasteiger partial charge in [0.05, 0.1) is 16.8 Å². The van der Waals surface area contributed by atoms with Crippen molar-refractivity contribution in [3.8, 4) is 0 Å². The second-order valence-corrected chi connectivity index (χ2v) is 8.75. The topological polar surface area (TPSA) is 111 Å². The summed E-state index contributed by atoms with van der Waals surface area (Å²) in [7, 11) is 0. The molecule has 2 heterocycles. The molecule has 2 aromatic rings. The van der Waals surface area contributed by atoms with Gasteiger partial charge in [0.25, 0.3) is 6.54 Å². The van der Waals surface area contributed by atoms with Crippen LogP contribution >= 0.6 is 0 Å². The summed E-state index contributed by atoms with van der Waals surface area (Å²) < 4.78 is 17.0. The molecule has 1 saturated heterocycles. The summed E-state index contributed by atoms with van der Waals surface area (Å²) in [5, 5.41) is 10.8. The minimum atomic E-state index is -0.962. The summed E-state index contributed by atoms with van der Waals surface area (Å²) in [6.07, 6.45) is 7.22. The first-order valence-electron chi connectivity index (χ1n) is 10.6. The molecule has 2 fully saturated rings. The van der Waals surface area contributed by atoms with Gasteiger partial charge < -0.3 is 15.2 Å². The van der Waals surface area contributed by atoms with Crippen molar-refractivity contribution in [2.24, 2.45) is 11.7 Å². The van der Waals surface area contributed by atoms with E-state index in [1.54, 1.807) is 10.6 Å². The summed E-state index contributed by atoms with van der Waals surface area (Å²) in [5.41, 5.74) is 7.55. The van der Waals surface area contributed by atoms with Gasteiger partial charge in [-0.1, -0.05) is 6.08 Å². The van der Waals surface area contributed by atoms with Crippen LogP contribution in [0.3, 0.4) is 0 Å². The molecule has 2 atom stereocenters. The van der Waals surface area contributed by atoms with Crippen molar-refractivity contribution < 1.29 is 14.1 Å². The predicted molar refractivity (Wildman–Crippen MR) is 114 cm³/mol. The van der Waals surface area contributed by atoms with Gasteiger partial charge in [0.2, 0.25) is 11.2 Å². The number of pyridine rings is 1. The first kappa shape index (κ1) is 19.9. The molecule has 1 saturated carbocycles. The number of carbonyl (C=O) groups is 1. The van der Waals surface area contributed by atoms with Crippen LogP contribution in [0.1, 0.15) is 42.1 Å². The highest BCUT2D eigenvalue weighted by atomic mass is 19.1. The smallest absolute Gasteiger partial charge is 0.266 e. The maximum atomic E-state index is 15.2. The van der Waals surface area contributed by atoms with Crippen LogP contribution in [0.15, 0.2) is 34.8 Å². The van der Waals surface area contributed by atoms with Gasteiger partial charge >= 0.3 is 0 Å². The van der Waals surface area contributed by atoms with Crippen LogP contribution in [-0.4, -0.2) is 40.9 Å². The number of hydrogen-bond donors (Lipinski definition) is 1. The van der Waals surface area contributed by atoms with Crippen molar-refractivity contribution in [1.82, 2.24) is 4.57 Å². The molecule has 31 heavy (non-hydrogen) atoms. The lowest BCUT2D eigenvalue weighted by Crippen LogP contribution is -2.34. The van der Waals surface area contributed by atoms with Crippen molar-refractivity contribution in [1.29, 1.82) is 0 Å². The summed E-state index contributed by atoms with van der Waals surface area (Å²) in [6.45, 7) is 0.271. The molecule has 2 aliphatic carbocycles. The molecule has 5 rings (SSSR count). The van der Waals surface area contributed by atoms with Crippen molar-refractivity contribution in [3.05, 3.63) is 61.7 Å². The molecule has 8 nitrogen and oxygen atoms in total. The van der Waals surface area contributed by atoms with Gasteiger partial charge in [-0.3, -0.25) is 19.7 Å². The van der Waals surface area contributed by atoms with E-state index in [0.29, 0.717) is 24.3 Å². The Bertz CT molecular complexity index is 1200. The number of aromatic nitrogens is 1. The van der Waals surface area contributed by atoms with Gasteiger partial charge in [0.1, 0.15) is 5.82 Å². The average Bonchev–Trinajstić information content (AvgIpc) is 3.46. The number of ketones is 1. The third-order valence-corrected chi connectivity index (χ3v) is 6.64. The monoisotopic (exact) mass is 426 g/mol. The molecule has 0 bridgehead atoms. The quantitative estimate of drug-likeness (QED) is 0.340. The van der Waals surface area contributed by atoms with Crippen LogP contribution in [0.25, 0.3) is 10.9 Å². The Morgan fingerprint density at radius 3 is 2.74 bits per heavy atom. The van der Waals surface area contributed by atoms with Gasteiger partial charge in [0.15, 0.2) is 0 Å². The Balaban J connectivity index is 1.61. The van der Waals surface area contributed by atoms with E-state index in [-0.39, 0.29) is 29.0 Å². The molecule has 1 aromatic carbocycles. The summed E-state index contributed by atoms with van der Waals surface area (Å²) in [5.74, 6) is -1.20. The van der Waals surface area contributed by atoms with E-state index in [1.165, 1.54) is 17.8 Å². The minimum absolute atomic E-state index is 0.0633. The molecule has 2 N–H and O–H groups in total. The fraction of sp³-hybridized carbons (Fsp3) is 0.455. The fourth-order valence-electron chi connectivity index (χ4n) is 4.89. The van der Waals surface area contributed by atoms with Crippen LogP contribution in [0, 0.1) is 21.8 Å². The maximum absolute atomic E-state index is 15.2. The van der Waals surface area contributed by atoms with Crippen LogP contribution in [0.4, 0.5) is 10.1 Å². The highest BCUT2D eigenvalue weighted by Gasteiger charge is 2.35. The minimum Gasteiger partial charge on any atom is -0.364 e. The van der Waals surface area contributed by atoms with Crippen molar-refractivity contribution in [2.75, 3.05) is 24.5 Å². The van der Waals surface area contributed by atoms with E-state index in [1.807, 2.05) is 4.90 Å². The van der Waals surface area contributed by atoms with Gasteiger partial charge in [-0.05, 0) is 43.4 Å². The Morgan fingerprint density at radius 2 is 2.06 bits per heavy atom. The van der Waals surface area contributed by atoms with E-state index in [9.17, 15) is 19.7 Å². The Labute approximate surface area is 177 Å². The highest BCUT2D eigenvalue weighted by Crippen LogP contribution is 2.40. The number of fused-ring (bicyclic) bond motifs is 2. The third kappa shape index (κ3) is 3.42. The van der Waals surface area contributed by atoms with Crippen molar-refractivity contribution in [3.63, 3.8) is 0 Å². The van der Waals surface area contributed by atoms with E-state index >= 15 is 4.39 Å². The zero-order valence-corrected chi connectivity index (χ0v) is 16.9. The largest absolute Gasteiger partial charge is 0.364 e. The summed E-state index contributed by atoms with van der Waals surface area (Å²) in [6, 6.07) is 3.01. The maximum Gasteiger partial charge on any atom is 0.266 e. The molecule has 0 spiro atoms. The molecule has 3 aliphatic rings. The van der Waals surface area contributed by atoms with Gasteiger partial charge in [0, 0.05) is 47.6 Å². The molecule has 0 radical (unpaired) electrons. The Hall–Kier alpha value is -3.07. The first-order valence-corrected chi connectivity index (χ1v) is 10.6. The van der Waals surface area contributed by atoms with E-state index < -0.39 is 28.5 Å². The Morgan fingerprint density at radius 1 is 1.29 bits per heavy atom. The number of hydrogen-bond acceptors (Lipinski definition) is 6. The normalized spacial score (nSPS) is 23.0. The zero-order valence-electron chi connectivity index (χ0n) is 16.9. The Kier molecular flexibility index (Phi) is 4.65. The average molecular weight is 426 g/mol. The molecule has 1 aliphatic heterocycles. The van der Waals surface area contributed by atoms with Gasteiger partial charge in [-0.15, -0.1) is 0 Å². The molecule has 2 unspecified atom stereocenters. The second-order valence-electron chi connectivity index (χ2n) is 8.75. The van der Waals surface area contributed by atoms with Gasteiger partial charge in [-0.25, -0.2) is 4.39 Å². The molecule has 162 valence electrons. The fourth-order valence-corrected chi connectivity index (χ4v) is 4.89. The number of rotatable bonds is 5. The lowest BCUT2D eigenvalue weighted by atomic mass is 9.86. The SMILES string of the molecule is NC1CCC=C2CN(c3cc4c(cc3F)c(=O)c(C(=O)C[N+](=O)[O-])cn4C3CC3)CC21. The lowest BCUT2D eigenvalue weighted by Gasteiger charge is -2.24. The predicted octanol–water partition coefficient (Wildman–Crippen LogP) is 2.42. The zero-order chi connectivity index (χ0) is 21.9. The van der Waals surface area contributed by atoms with Crippen LogP contribution in [-0.2, 0) is 0 Å². The summed E-state index contributed by atoms with van der Waals surface area (Å²) >= 11 is 0. The van der Waals surface area contributed by atoms with Gasteiger partial charge in [-0.2, -0.15) is 0 Å². The number of nitrogens with two attached hydrogens (primary N) is 1. The number of allylic oxidation sites excluding steroid dienone is 1. The lowest BCUT2D eigenvalue weighted by molar-refractivity contribution is -0.465. The number of carbonyl (C=O) groups excluding carboxylic acids is 1. The highest BCUT2D eigenvalue weighted by molar-refractivity contribution is 6.00. The summed E-state index contributed by atoms with van der Waals surface area (Å²) in [4.78, 5) is 37.2. The van der Waals surface area contributed by atoms with E-state index in [2.05, 4.69) is 6.08 Å². The second kappa shape index (κ2) is 7.26. The third-order valence-electron chi connectivity index (χ3n) is 6.64. The molecule has 0 amide bonds. The standard InChI is InChI=1S/C22H23FN4O4/c23-17-6-14-19(7-20(17)25-8-12-2-1-3-18(24)15(12)9-25)26(13-4-5-13)10-16(22(14)29)21(28)11-27(30)31/h2,6-7,10,13,15,18H,1,3-5,8-9,11,24H2. The molecule has 9 heteroatoms. The first-order chi connectivity index (χ1) is 14.8. The van der Waals surface area contributed by atoms with Crippen molar-refractivity contribution >= 4 is 22.4 Å². The number of benzene rings is 1. The number of nitro groups is 1. The molecular weight excluding hydrogens is 403 g/mol. The number of halogens is 1. The van der Waals surface area contributed by atoms with Crippen LogP contribution in [0.2, 0.25) is 0 Å². The molecular formula is C22H23FN4O4. The van der Waals surface area contributed by atoms with Crippen LogP contribution < -0.4 is 16.1 Å².